The van der Waals surface area contributed by atoms with Crippen LogP contribution in [-0.4, -0.2) is 21.2 Å². The zero-order valence-electron chi connectivity index (χ0n) is 8.42. The van der Waals surface area contributed by atoms with Gasteiger partial charge in [-0.2, -0.15) is 11.8 Å². The van der Waals surface area contributed by atoms with Gasteiger partial charge in [0.2, 0.25) is 0 Å². The van der Waals surface area contributed by atoms with Crippen LogP contribution in [0.3, 0.4) is 0 Å². The van der Waals surface area contributed by atoms with Gasteiger partial charge in [-0.25, -0.2) is 0 Å². The number of hydrogen-bond donors (Lipinski definition) is 1. The van der Waals surface area contributed by atoms with Crippen LogP contribution in [0.25, 0.3) is 0 Å². The fraction of sp³-hybridized carbons (Fsp3) is 0.818. The van der Waals surface area contributed by atoms with Crippen LogP contribution in [0.5, 0.6) is 0 Å². The van der Waals surface area contributed by atoms with Crippen molar-refractivity contribution in [2.24, 2.45) is 0 Å². The molecule has 0 radical (unpaired) electrons. The Hall–Kier alpha value is 0.0500. The first-order chi connectivity index (χ1) is 6.14. The number of fused-ring (bicyclic) bond motifs is 2. The van der Waals surface area contributed by atoms with Gasteiger partial charge >= 0.3 is 0 Å². The van der Waals surface area contributed by atoms with Gasteiger partial charge in [-0.15, -0.1) is 0 Å². The van der Waals surface area contributed by atoms with E-state index in [-0.39, 0.29) is 0 Å². The van der Waals surface area contributed by atoms with Crippen molar-refractivity contribution in [2.45, 2.75) is 55.6 Å². The molecule has 0 aromatic rings. The SMILES string of the molecule is CC=C(C)C1(O)CC2CCC(C1)S2. The monoisotopic (exact) mass is 198 g/mol. The Morgan fingerprint density at radius 1 is 1.38 bits per heavy atom. The molecule has 13 heavy (non-hydrogen) atoms. The minimum Gasteiger partial charge on any atom is -0.385 e. The molecule has 1 N–H and O–H groups in total. The summed E-state index contributed by atoms with van der Waals surface area (Å²) in [5, 5.41) is 11.9. The first kappa shape index (κ1) is 9.60. The van der Waals surface area contributed by atoms with Crippen molar-refractivity contribution in [3.05, 3.63) is 11.6 Å². The van der Waals surface area contributed by atoms with Gasteiger partial charge in [-0.3, -0.25) is 0 Å². The summed E-state index contributed by atoms with van der Waals surface area (Å²) in [4.78, 5) is 0. The summed E-state index contributed by atoms with van der Waals surface area (Å²) in [6.45, 7) is 4.09. The van der Waals surface area contributed by atoms with Crippen LogP contribution in [-0.2, 0) is 0 Å². The lowest BCUT2D eigenvalue weighted by atomic mass is 9.86. The van der Waals surface area contributed by atoms with Crippen LogP contribution in [0.1, 0.15) is 39.5 Å². The van der Waals surface area contributed by atoms with Crippen LogP contribution in [0.15, 0.2) is 11.6 Å². The molecule has 0 amide bonds. The lowest BCUT2D eigenvalue weighted by molar-refractivity contribution is 0.0610. The minimum atomic E-state index is -0.466. The third-order valence-corrected chi connectivity index (χ3v) is 5.07. The van der Waals surface area contributed by atoms with Crippen molar-refractivity contribution >= 4 is 11.8 Å². The van der Waals surface area contributed by atoms with Gasteiger partial charge in [0.05, 0.1) is 5.60 Å². The summed E-state index contributed by atoms with van der Waals surface area (Å²) in [5.41, 5.74) is 0.705. The fourth-order valence-corrected chi connectivity index (χ4v) is 4.34. The molecule has 2 heteroatoms. The summed E-state index contributed by atoms with van der Waals surface area (Å²) in [6.07, 6.45) is 6.65. The van der Waals surface area contributed by atoms with E-state index in [9.17, 15) is 5.11 Å². The van der Waals surface area contributed by atoms with Gasteiger partial charge < -0.3 is 5.11 Å². The Morgan fingerprint density at radius 3 is 2.38 bits per heavy atom. The Bertz CT molecular complexity index is 222. The van der Waals surface area contributed by atoms with E-state index in [1.54, 1.807) is 0 Å². The normalized spacial score (nSPS) is 45.3. The quantitative estimate of drug-likeness (QED) is 0.654. The zero-order chi connectivity index (χ0) is 9.47. The number of aliphatic hydroxyl groups is 1. The lowest BCUT2D eigenvalue weighted by Gasteiger charge is -2.36. The molecule has 2 saturated heterocycles. The first-order valence-electron chi connectivity index (χ1n) is 5.15. The molecule has 74 valence electrons. The maximum Gasteiger partial charge on any atom is 0.0875 e. The molecule has 2 unspecified atom stereocenters. The second-order valence-electron chi connectivity index (χ2n) is 4.37. The highest BCUT2D eigenvalue weighted by Crippen LogP contribution is 2.49. The summed E-state index contributed by atoms with van der Waals surface area (Å²) in [5.74, 6) is 0. The third kappa shape index (κ3) is 1.66. The van der Waals surface area contributed by atoms with Crippen molar-refractivity contribution in [1.29, 1.82) is 0 Å². The van der Waals surface area contributed by atoms with Crippen LogP contribution in [0, 0.1) is 0 Å². The van der Waals surface area contributed by atoms with E-state index in [0.717, 1.165) is 23.3 Å². The lowest BCUT2D eigenvalue weighted by Crippen LogP contribution is -2.38. The van der Waals surface area contributed by atoms with Crippen molar-refractivity contribution in [1.82, 2.24) is 0 Å². The molecule has 2 heterocycles. The maximum absolute atomic E-state index is 10.4. The zero-order valence-corrected chi connectivity index (χ0v) is 9.23. The second kappa shape index (κ2) is 3.32. The summed E-state index contributed by atoms with van der Waals surface area (Å²) >= 11 is 2.10. The summed E-state index contributed by atoms with van der Waals surface area (Å²) in [7, 11) is 0. The van der Waals surface area contributed by atoms with E-state index in [1.807, 2.05) is 6.92 Å². The minimum absolute atomic E-state index is 0.466. The van der Waals surface area contributed by atoms with E-state index < -0.39 is 5.60 Å². The average Bonchev–Trinajstić information content (AvgIpc) is 2.44. The van der Waals surface area contributed by atoms with Gasteiger partial charge in [0, 0.05) is 10.5 Å². The molecule has 2 aliphatic rings. The van der Waals surface area contributed by atoms with Crippen molar-refractivity contribution in [2.75, 3.05) is 0 Å². The molecule has 2 rings (SSSR count). The Morgan fingerprint density at radius 2 is 1.92 bits per heavy atom. The Balaban J connectivity index is 2.16. The highest BCUT2D eigenvalue weighted by Gasteiger charge is 2.43. The molecular weight excluding hydrogens is 180 g/mol. The van der Waals surface area contributed by atoms with Crippen LogP contribution < -0.4 is 0 Å². The standard InChI is InChI=1S/C11H18OS/c1-3-8(2)11(12)6-9-4-5-10(7-11)13-9/h3,9-10,12H,4-7H2,1-2H3. The van der Waals surface area contributed by atoms with Crippen LogP contribution in [0.2, 0.25) is 0 Å². The fourth-order valence-electron chi connectivity index (χ4n) is 2.51. The number of thioether (sulfide) groups is 1. The van der Waals surface area contributed by atoms with Gasteiger partial charge in [0.25, 0.3) is 0 Å². The molecule has 0 spiro atoms. The molecule has 0 saturated carbocycles. The highest BCUT2D eigenvalue weighted by molar-refractivity contribution is 8.00. The van der Waals surface area contributed by atoms with Crippen molar-refractivity contribution in [3.63, 3.8) is 0 Å². The first-order valence-corrected chi connectivity index (χ1v) is 6.09. The molecule has 2 atom stereocenters. The van der Waals surface area contributed by atoms with Gasteiger partial charge in [-0.05, 0) is 45.1 Å². The van der Waals surface area contributed by atoms with Crippen molar-refractivity contribution < 1.29 is 5.11 Å². The van der Waals surface area contributed by atoms with E-state index in [0.29, 0.717) is 0 Å². The second-order valence-corrected chi connectivity index (χ2v) is 5.97. The molecule has 0 aliphatic carbocycles. The van der Waals surface area contributed by atoms with E-state index in [2.05, 4.69) is 24.8 Å². The molecule has 1 nitrogen and oxygen atoms in total. The van der Waals surface area contributed by atoms with Crippen LogP contribution in [0.4, 0.5) is 0 Å². The highest BCUT2D eigenvalue weighted by atomic mass is 32.2. The van der Waals surface area contributed by atoms with Gasteiger partial charge in [-0.1, -0.05) is 6.08 Å². The smallest absolute Gasteiger partial charge is 0.0875 e. The summed E-state index contributed by atoms with van der Waals surface area (Å²) < 4.78 is 0. The Kier molecular flexibility index (Phi) is 2.45. The van der Waals surface area contributed by atoms with E-state index >= 15 is 0 Å². The maximum atomic E-state index is 10.4. The molecule has 0 aromatic heterocycles. The number of allylic oxidation sites excluding steroid dienone is 1. The topological polar surface area (TPSA) is 20.2 Å². The predicted molar refractivity (Wildman–Crippen MR) is 58.0 cm³/mol. The van der Waals surface area contributed by atoms with Crippen molar-refractivity contribution in [3.8, 4) is 0 Å². The largest absolute Gasteiger partial charge is 0.385 e. The molecule has 0 aromatic carbocycles. The average molecular weight is 198 g/mol. The van der Waals surface area contributed by atoms with Crippen LogP contribution >= 0.6 is 11.8 Å². The number of hydrogen-bond acceptors (Lipinski definition) is 2. The molecular formula is C11H18OS. The van der Waals surface area contributed by atoms with Gasteiger partial charge in [0.15, 0.2) is 0 Å². The summed E-state index contributed by atoms with van der Waals surface area (Å²) in [6, 6.07) is 0. The van der Waals surface area contributed by atoms with Gasteiger partial charge in [0.1, 0.15) is 0 Å². The third-order valence-electron chi connectivity index (χ3n) is 3.49. The predicted octanol–water partition coefficient (Wildman–Crippen LogP) is 2.74. The molecule has 2 bridgehead atoms. The Labute approximate surface area is 84.6 Å². The van der Waals surface area contributed by atoms with E-state index in [1.165, 1.54) is 18.4 Å². The number of rotatable bonds is 1. The van der Waals surface area contributed by atoms with E-state index in [4.69, 9.17) is 0 Å². The molecule has 2 fully saturated rings. The molecule has 2 aliphatic heterocycles.